The van der Waals surface area contributed by atoms with Gasteiger partial charge < -0.3 is 0 Å². The summed E-state index contributed by atoms with van der Waals surface area (Å²) < 4.78 is 0. The van der Waals surface area contributed by atoms with E-state index in [2.05, 4.69) is 35.2 Å². The number of allylic oxidation sites excluding steroid dienone is 4. The molecule has 0 atom stereocenters. The standard InChI is InChI=1S/C11H17Br/c1-3-5-8-11(7-4-2)9-6-10-12/h3-4,9H,1-2,5-8,10H2/b11-9+. The normalized spacial score (nSPS) is 11.2. The van der Waals surface area contributed by atoms with Crippen molar-refractivity contribution in [2.24, 2.45) is 0 Å². The third-order valence-corrected chi connectivity index (χ3v) is 2.08. The van der Waals surface area contributed by atoms with Gasteiger partial charge in [0, 0.05) is 5.33 Å². The number of alkyl halides is 1. The highest BCUT2D eigenvalue weighted by Crippen LogP contribution is 2.12. The maximum absolute atomic E-state index is 3.74. The van der Waals surface area contributed by atoms with Crippen LogP contribution in [0.2, 0.25) is 0 Å². The highest BCUT2D eigenvalue weighted by Gasteiger charge is 1.92. The molecule has 0 aromatic carbocycles. The molecule has 0 radical (unpaired) electrons. The van der Waals surface area contributed by atoms with Crippen molar-refractivity contribution < 1.29 is 0 Å². The zero-order valence-electron chi connectivity index (χ0n) is 7.56. The van der Waals surface area contributed by atoms with Crippen molar-refractivity contribution in [3.05, 3.63) is 37.0 Å². The minimum absolute atomic E-state index is 1.01. The maximum Gasteiger partial charge on any atom is 0.00660 e. The van der Waals surface area contributed by atoms with E-state index in [-0.39, 0.29) is 0 Å². The molecule has 0 aromatic rings. The molecule has 0 nitrogen and oxygen atoms in total. The second-order valence-electron chi connectivity index (χ2n) is 2.66. The fourth-order valence-corrected chi connectivity index (χ4v) is 1.25. The summed E-state index contributed by atoms with van der Waals surface area (Å²) in [5, 5.41) is 1.04. The van der Waals surface area contributed by atoms with Crippen molar-refractivity contribution in [2.75, 3.05) is 5.33 Å². The Labute approximate surface area is 84.2 Å². The molecule has 68 valence electrons. The lowest BCUT2D eigenvalue weighted by atomic mass is 10.1. The van der Waals surface area contributed by atoms with Gasteiger partial charge in [-0.1, -0.05) is 39.7 Å². The SMILES string of the molecule is C=CCC/C(=C/CCBr)CC=C. The summed E-state index contributed by atoms with van der Waals surface area (Å²) in [7, 11) is 0. The Kier molecular flexibility index (Phi) is 8.57. The summed E-state index contributed by atoms with van der Waals surface area (Å²) >= 11 is 3.41. The smallest absolute Gasteiger partial charge is 0.00660 e. The first-order valence-electron chi connectivity index (χ1n) is 4.30. The molecule has 0 aliphatic heterocycles. The van der Waals surface area contributed by atoms with Gasteiger partial charge in [-0.2, -0.15) is 0 Å². The zero-order chi connectivity index (χ0) is 9.23. The van der Waals surface area contributed by atoms with Gasteiger partial charge in [0.15, 0.2) is 0 Å². The van der Waals surface area contributed by atoms with E-state index in [9.17, 15) is 0 Å². The number of hydrogen-bond acceptors (Lipinski definition) is 0. The summed E-state index contributed by atoms with van der Waals surface area (Å²) in [5.74, 6) is 0. The Balaban J connectivity index is 3.82. The quantitative estimate of drug-likeness (QED) is 0.452. The maximum atomic E-state index is 3.74. The predicted octanol–water partition coefficient (Wildman–Crippen LogP) is 4.24. The second kappa shape index (κ2) is 8.79. The molecule has 0 saturated heterocycles. The Morgan fingerprint density at radius 2 is 1.92 bits per heavy atom. The van der Waals surface area contributed by atoms with Crippen molar-refractivity contribution in [1.29, 1.82) is 0 Å². The lowest BCUT2D eigenvalue weighted by Gasteiger charge is -2.01. The van der Waals surface area contributed by atoms with Crippen LogP contribution in [0.5, 0.6) is 0 Å². The van der Waals surface area contributed by atoms with Gasteiger partial charge in [-0.25, -0.2) is 0 Å². The number of halogens is 1. The monoisotopic (exact) mass is 228 g/mol. The third-order valence-electron chi connectivity index (χ3n) is 1.62. The van der Waals surface area contributed by atoms with Gasteiger partial charge in [-0.3, -0.25) is 0 Å². The molecule has 0 fully saturated rings. The number of hydrogen-bond donors (Lipinski definition) is 0. The fourth-order valence-electron chi connectivity index (χ4n) is 1.02. The van der Waals surface area contributed by atoms with Gasteiger partial charge in [-0.15, -0.1) is 13.2 Å². The van der Waals surface area contributed by atoms with Crippen LogP contribution in [0.4, 0.5) is 0 Å². The highest BCUT2D eigenvalue weighted by molar-refractivity contribution is 9.09. The minimum Gasteiger partial charge on any atom is -0.103 e. The molecule has 0 heterocycles. The molecule has 0 aliphatic rings. The Hall–Kier alpha value is -0.300. The van der Waals surface area contributed by atoms with E-state index in [1.54, 1.807) is 0 Å². The first-order chi connectivity index (χ1) is 5.85. The summed E-state index contributed by atoms with van der Waals surface area (Å²) in [6.45, 7) is 7.45. The summed E-state index contributed by atoms with van der Waals surface area (Å²) in [6, 6.07) is 0. The van der Waals surface area contributed by atoms with Crippen LogP contribution in [-0.4, -0.2) is 5.33 Å². The Morgan fingerprint density at radius 3 is 2.42 bits per heavy atom. The van der Waals surface area contributed by atoms with Gasteiger partial charge in [0.1, 0.15) is 0 Å². The molecule has 0 rings (SSSR count). The van der Waals surface area contributed by atoms with Crippen LogP contribution in [0, 0.1) is 0 Å². The second-order valence-corrected chi connectivity index (χ2v) is 3.45. The van der Waals surface area contributed by atoms with Gasteiger partial charge in [0.2, 0.25) is 0 Å². The molecule has 1 heteroatoms. The van der Waals surface area contributed by atoms with Crippen LogP contribution in [0.3, 0.4) is 0 Å². The first kappa shape index (κ1) is 11.7. The molecular weight excluding hydrogens is 212 g/mol. The van der Waals surface area contributed by atoms with E-state index >= 15 is 0 Å². The van der Waals surface area contributed by atoms with E-state index in [0.29, 0.717) is 0 Å². The van der Waals surface area contributed by atoms with Crippen LogP contribution in [-0.2, 0) is 0 Å². The topological polar surface area (TPSA) is 0 Å². The largest absolute Gasteiger partial charge is 0.103 e. The van der Waals surface area contributed by atoms with E-state index in [0.717, 1.165) is 31.0 Å². The van der Waals surface area contributed by atoms with Crippen LogP contribution in [0.1, 0.15) is 25.7 Å². The molecule has 0 aliphatic carbocycles. The molecule has 12 heavy (non-hydrogen) atoms. The van der Waals surface area contributed by atoms with Crippen LogP contribution in [0.25, 0.3) is 0 Å². The number of rotatable bonds is 7. The molecule has 0 bridgehead atoms. The highest BCUT2D eigenvalue weighted by atomic mass is 79.9. The first-order valence-corrected chi connectivity index (χ1v) is 5.43. The summed E-state index contributed by atoms with van der Waals surface area (Å²) in [5.41, 5.74) is 1.48. The van der Waals surface area contributed by atoms with Crippen LogP contribution in [0.15, 0.2) is 37.0 Å². The molecule has 0 N–H and O–H groups in total. The molecule has 0 amide bonds. The molecule has 0 aromatic heterocycles. The lowest BCUT2D eigenvalue weighted by Crippen LogP contribution is -1.82. The van der Waals surface area contributed by atoms with E-state index in [4.69, 9.17) is 0 Å². The lowest BCUT2D eigenvalue weighted by molar-refractivity contribution is 0.928. The van der Waals surface area contributed by atoms with Gasteiger partial charge in [0.05, 0.1) is 0 Å². The Morgan fingerprint density at radius 1 is 1.17 bits per heavy atom. The molecule has 0 unspecified atom stereocenters. The van der Waals surface area contributed by atoms with E-state index in [1.165, 1.54) is 5.57 Å². The average molecular weight is 229 g/mol. The van der Waals surface area contributed by atoms with Crippen LogP contribution < -0.4 is 0 Å². The average Bonchev–Trinajstić information content (AvgIpc) is 2.10. The van der Waals surface area contributed by atoms with Crippen molar-refractivity contribution in [3.8, 4) is 0 Å². The predicted molar refractivity (Wildman–Crippen MR) is 60.7 cm³/mol. The van der Waals surface area contributed by atoms with Crippen LogP contribution >= 0.6 is 15.9 Å². The van der Waals surface area contributed by atoms with E-state index < -0.39 is 0 Å². The Bertz CT molecular complexity index is 156. The molecular formula is C11H17Br. The summed E-state index contributed by atoms with van der Waals surface area (Å²) in [6.07, 6.45) is 10.5. The summed E-state index contributed by atoms with van der Waals surface area (Å²) in [4.78, 5) is 0. The third kappa shape index (κ3) is 6.41. The van der Waals surface area contributed by atoms with Crippen molar-refractivity contribution >= 4 is 15.9 Å². The van der Waals surface area contributed by atoms with Gasteiger partial charge in [-0.05, 0) is 25.7 Å². The van der Waals surface area contributed by atoms with Crippen molar-refractivity contribution in [3.63, 3.8) is 0 Å². The molecule has 0 saturated carbocycles. The van der Waals surface area contributed by atoms with E-state index in [1.807, 2.05) is 12.2 Å². The zero-order valence-corrected chi connectivity index (χ0v) is 9.15. The van der Waals surface area contributed by atoms with Gasteiger partial charge >= 0.3 is 0 Å². The van der Waals surface area contributed by atoms with Gasteiger partial charge in [0.25, 0.3) is 0 Å². The van der Waals surface area contributed by atoms with Crippen molar-refractivity contribution in [2.45, 2.75) is 25.7 Å². The minimum atomic E-state index is 1.01. The molecule has 0 spiro atoms. The van der Waals surface area contributed by atoms with Crippen molar-refractivity contribution in [1.82, 2.24) is 0 Å². The fraction of sp³-hybridized carbons (Fsp3) is 0.455.